The maximum absolute atomic E-state index is 12.4. The van der Waals surface area contributed by atoms with Crippen LogP contribution < -0.4 is 5.32 Å². The zero-order valence-corrected chi connectivity index (χ0v) is 14.3. The van der Waals surface area contributed by atoms with Crippen molar-refractivity contribution in [2.75, 3.05) is 52.9 Å². The van der Waals surface area contributed by atoms with Crippen LogP contribution in [-0.2, 0) is 19.6 Å². The summed E-state index contributed by atoms with van der Waals surface area (Å²) < 4.78 is 50.5. The van der Waals surface area contributed by atoms with Gasteiger partial charge in [0.2, 0.25) is 16.4 Å². The predicted octanol–water partition coefficient (Wildman–Crippen LogP) is -1.45. The number of likely N-dealkylation sites (tertiary alicyclic amines) is 1. The lowest BCUT2D eigenvalue weighted by Crippen LogP contribution is -2.63. The van der Waals surface area contributed by atoms with E-state index < -0.39 is 39.9 Å². The number of piperazine rings is 1. The summed E-state index contributed by atoms with van der Waals surface area (Å²) in [5.74, 6) is -1.74. The maximum Gasteiger partial charge on any atom is 0.312 e. The third-order valence-corrected chi connectivity index (χ3v) is 6.43. The van der Waals surface area contributed by atoms with Gasteiger partial charge in [0.15, 0.2) is 0 Å². The van der Waals surface area contributed by atoms with Crippen molar-refractivity contribution in [1.29, 1.82) is 0 Å². The van der Waals surface area contributed by atoms with Gasteiger partial charge in [-0.05, 0) is 0 Å². The van der Waals surface area contributed by atoms with Gasteiger partial charge in [-0.1, -0.05) is 0 Å². The molecule has 0 aromatic carbocycles. The van der Waals surface area contributed by atoms with E-state index in [9.17, 15) is 26.8 Å². The van der Waals surface area contributed by atoms with E-state index in [2.05, 4.69) is 5.32 Å². The average molecular weight is 368 g/mol. The van der Waals surface area contributed by atoms with Gasteiger partial charge in [0.05, 0.1) is 0 Å². The highest BCUT2D eigenvalue weighted by atomic mass is 32.2. The number of hydrogen-bond donors (Lipinski definition) is 1. The Balaban J connectivity index is 1.84. The number of nitrogens with zero attached hydrogens (tertiary/aromatic N) is 3. The standard InChI is InChI=1S/C13H22F2N4O4S/c1-17(5-2-11(14)15)12(20)13(21)18-8-10(9-18)24(22,23)19-6-3-16-4-7-19/h10-11,16H,2-9H2,1H3. The highest BCUT2D eigenvalue weighted by molar-refractivity contribution is 7.89. The van der Waals surface area contributed by atoms with Crippen LogP contribution in [0.5, 0.6) is 0 Å². The van der Waals surface area contributed by atoms with Crippen molar-refractivity contribution in [1.82, 2.24) is 19.4 Å². The van der Waals surface area contributed by atoms with E-state index in [-0.39, 0.29) is 19.6 Å². The number of sulfonamides is 1. The highest BCUT2D eigenvalue weighted by Crippen LogP contribution is 2.21. The fourth-order valence-electron chi connectivity index (χ4n) is 2.59. The van der Waals surface area contributed by atoms with E-state index in [1.807, 2.05) is 0 Å². The van der Waals surface area contributed by atoms with Crippen LogP contribution in [0.25, 0.3) is 0 Å². The summed E-state index contributed by atoms with van der Waals surface area (Å²) in [6, 6.07) is 0. The average Bonchev–Trinajstić information content (AvgIpc) is 2.50. The molecule has 2 heterocycles. The van der Waals surface area contributed by atoms with Crippen LogP contribution >= 0.6 is 0 Å². The molecule has 1 N–H and O–H groups in total. The number of hydrogen-bond acceptors (Lipinski definition) is 5. The largest absolute Gasteiger partial charge is 0.337 e. The zero-order valence-electron chi connectivity index (χ0n) is 13.5. The quantitative estimate of drug-likeness (QED) is 0.600. The molecular weight excluding hydrogens is 346 g/mol. The Labute approximate surface area is 139 Å². The zero-order chi connectivity index (χ0) is 17.9. The summed E-state index contributed by atoms with van der Waals surface area (Å²) in [6.45, 7) is 1.64. The molecular formula is C13H22F2N4O4S. The molecule has 8 nitrogen and oxygen atoms in total. The molecule has 2 aliphatic heterocycles. The first-order chi connectivity index (χ1) is 11.2. The molecule has 0 spiro atoms. The minimum atomic E-state index is -3.48. The second-order valence-electron chi connectivity index (χ2n) is 5.93. The van der Waals surface area contributed by atoms with Crippen molar-refractivity contribution in [2.24, 2.45) is 0 Å². The SMILES string of the molecule is CN(CCC(F)F)C(=O)C(=O)N1CC(S(=O)(=O)N2CCNCC2)C1. The Morgan fingerprint density at radius 2 is 1.83 bits per heavy atom. The van der Waals surface area contributed by atoms with E-state index in [1.165, 1.54) is 11.4 Å². The van der Waals surface area contributed by atoms with E-state index in [4.69, 9.17) is 0 Å². The molecule has 0 aliphatic carbocycles. The number of rotatable bonds is 5. The first-order valence-corrected chi connectivity index (χ1v) is 9.26. The minimum Gasteiger partial charge on any atom is -0.337 e. The summed E-state index contributed by atoms with van der Waals surface area (Å²) >= 11 is 0. The van der Waals surface area contributed by atoms with E-state index in [1.54, 1.807) is 0 Å². The molecule has 0 bridgehead atoms. The minimum absolute atomic E-state index is 0.0421. The molecule has 2 rings (SSSR count). The van der Waals surface area contributed by atoms with Gasteiger partial charge >= 0.3 is 11.8 Å². The molecule has 2 saturated heterocycles. The normalized spacial score (nSPS) is 20.1. The number of nitrogens with one attached hydrogen (secondary N) is 1. The lowest BCUT2D eigenvalue weighted by atomic mass is 10.2. The number of likely N-dealkylation sites (N-methyl/N-ethyl adjacent to an activating group) is 1. The fourth-order valence-corrected chi connectivity index (χ4v) is 4.44. The van der Waals surface area contributed by atoms with Crippen LogP contribution in [0.2, 0.25) is 0 Å². The molecule has 24 heavy (non-hydrogen) atoms. The van der Waals surface area contributed by atoms with Crippen molar-refractivity contribution < 1.29 is 26.8 Å². The van der Waals surface area contributed by atoms with Gasteiger partial charge in [0.25, 0.3) is 0 Å². The lowest BCUT2D eigenvalue weighted by Gasteiger charge is -2.41. The summed E-state index contributed by atoms with van der Waals surface area (Å²) in [7, 11) is -2.21. The molecule has 2 amide bonds. The summed E-state index contributed by atoms with van der Waals surface area (Å²) in [6.07, 6.45) is -3.05. The van der Waals surface area contributed by atoms with E-state index in [0.29, 0.717) is 26.2 Å². The van der Waals surface area contributed by atoms with Gasteiger partial charge in [-0.25, -0.2) is 17.2 Å². The number of carbonyl (C=O) groups is 2. The van der Waals surface area contributed by atoms with Crippen LogP contribution in [0, 0.1) is 0 Å². The Bertz CT molecular complexity index is 575. The van der Waals surface area contributed by atoms with Crippen molar-refractivity contribution >= 4 is 21.8 Å². The molecule has 0 saturated carbocycles. The molecule has 0 atom stereocenters. The Morgan fingerprint density at radius 1 is 1.25 bits per heavy atom. The van der Waals surface area contributed by atoms with Crippen molar-refractivity contribution in [3.63, 3.8) is 0 Å². The number of alkyl halides is 2. The van der Waals surface area contributed by atoms with Crippen LogP contribution in [-0.4, -0.2) is 98.9 Å². The van der Waals surface area contributed by atoms with Gasteiger partial charge in [0, 0.05) is 59.3 Å². The van der Waals surface area contributed by atoms with Gasteiger partial charge in [-0.3, -0.25) is 9.59 Å². The van der Waals surface area contributed by atoms with Crippen molar-refractivity contribution in [2.45, 2.75) is 18.1 Å². The van der Waals surface area contributed by atoms with E-state index >= 15 is 0 Å². The second-order valence-corrected chi connectivity index (χ2v) is 8.15. The molecule has 0 unspecified atom stereocenters. The smallest absolute Gasteiger partial charge is 0.312 e. The Morgan fingerprint density at radius 3 is 2.38 bits per heavy atom. The Kier molecular flexibility index (Phi) is 6.10. The van der Waals surface area contributed by atoms with Crippen molar-refractivity contribution in [3.8, 4) is 0 Å². The van der Waals surface area contributed by atoms with Crippen LogP contribution in [0.4, 0.5) is 8.78 Å². The monoisotopic (exact) mass is 368 g/mol. The van der Waals surface area contributed by atoms with Crippen molar-refractivity contribution in [3.05, 3.63) is 0 Å². The van der Waals surface area contributed by atoms with Gasteiger partial charge in [0.1, 0.15) is 5.25 Å². The number of halogens is 2. The number of amides is 2. The van der Waals surface area contributed by atoms with Crippen LogP contribution in [0.3, 0.4) is 0 Å². The summed E-state index contributed by atoms with van der Waals surface area (Å²) in [5.41, 5.74) is 0. The molecule has 11 heteroatoms. The summed E-state index contributed by atoms with van der Waals surface area (Å²) in [4.78, 5) is 25.9. The van der Waals surface area contributed by atoms with Crippen LogP contribution in [0.1, 0.15) is 6.42 Å². The first-order valence-electron chi connectivity index (χ1n) is 7.75. The lowest BCUT2D eigenvalue weighted by molar-refractivity contribution is -0.153. The Hall–Kier alpha value is -1.33. The number of carbonyl (C=O) groups excluding carboxylic acids is 2. The third-order valence-electron chi connectivity index (χ3n) is 4.20. The highest BCUT2D eigenvalue weighted by Gasteiger charge is 2.44. The van der Waals surface area contributed by atoms with E-state index in [0.717, 1.165) is 9.80 Å². The maximum atomic E-state index is 12.4. The molecule has 0 aromatic heterocycles. The topological polar surface area (TPSA) is 90.0 Å². The second kappa shape index (κ2) is 7.70. The predicted molar refractivity (Wildman–Crippen MR) is 82.0 cm³/mol. The fraction of sp³-hybridized carbons (Fsp3) is 0.846. The van der Waals surface area contributed by atoms with Gasteiger partial charge in [-0.2, -0.15) is 4.31 Å². The first kappa shape index (κ1) is 19.0. The molecule has 0 aromatic rings. The van der Waals surface area contributed by atoms with Crippen LogP contribution in [0.15, 0.2) is 0 Å². The molecule has 2 fully saturated rings. The third kappa shape index (κ3) is 4.19. The van der Waals surface area contributed by atoms with Gasteiger partial charge < -0.3 is 15.1 Å². The summed E-state index contributed by atoms with van der Waals surface area (Å²) in [5, 5.41) is 2.35. The molecule has 2 aliphatic rings. The molecule has 138 valence electrons. The van der Waals surface area contributed by atoms with Gasteiger partial charge in [-0.15, -0.1) is 0 Å². The molecule has 0 radical (unpaired) electrons.